The van der Waals surface area contributed by atoms with E-state index in [9.17, 15) is 14.4 Å². The lowest BCUT2D eigenvalue weighted by Crippen LogP contribution is -2.31. The third-order valence-electron chi connectivity index (χ3n) is 2.57. The molecule has 7 heteroatoms. The number of hydrogen-bond donors (Lipinski definition) is 2. The highest BCUT2D eigenvalue weighted by molar-refractivity contribution is 6.02. The fourth-order valence-electron chi connectivity index (χ4n) is 1.54. The van der Waals surface area contributed by atoms with E-state index in [0.29, 0.717) is 10.8 Å². The maximum atomic E-state index is 11.9. The molecule has 0 saturated heterocycles. The van der Waals surface area contributed by atoms with Gasteiger partial charge in [-0.2, -0.15) is 5.10 Å². The molecule has 1 atom stereocenters. The molecule has 0 unspecified atom stereocenters. The number of hydrogen-bond acceptors (Lipinski definition) is 5. The van der Waals surface area contributed by atoms with Crippen molar-refractivity contribution in [2.24, 2.45) is 5.73 Å². The second kappa shape index (κ2) is 4.89. The van der Waals surface area contributed by atoms with Crippen LogP contribution in [0.25, 0.3) is 10.8 Å². The number of nitrogens with two attached hydrogens (primary N) is 1. The standard InChI is InChI=1S/C12H11N3O4/c1-6(10(13)16)19-12(18)9-7-4-2-3-5-8(7)11(17)15-14-9/h2-6H,1H3,(H2,13,16)(H,15,17)/t6-/m1/s1. The molecule has 19 heavy (non-hydrogen) atoms. The number of fused-ring (bicyclic) bond motifs is 1. The Bertz CT molecular complexity index is 707. The quantitative estimate of drug-likeness (QED) is 0.752. The Morgan fingerprint density at radius 3 is 2.58 bits per heavy atom. The van der Waals surface area contributed by atoms with Gasteiger partial charge in [0.1, 0.15) is 0 Å². The lowest BCUT2D eigenvalue weighted by molar-refractivity contribution is -0.125. The third-order valence-corrected chi connectivity index (χ3v) is 2.57. The van der Waals surface area contributed by atoms with Crippen molar-refractivity contribution in [1.82, 2.24) is 10.2 Å². The fraction of sp³-hybridized carbons (Fsp3) is 0.167. The van der Waals surface area contributed by atoms with Gasteiger partial charge in [-0.1, -0.05) is 18.2 Å². The fourth-order valence-corrected chi connectivity index (χ4v) is 1.54. The Morgan fingerprint density at radius 2 is 1.95 bits per heavy atom. The van der Waals surface area contributed by atoms with Crippen LogP contribution < -0.4 is 11.3 Å². The summed E-state index contributed by atoms with van der Waals surface area (Å²) in [6, 6.07) is 6.46. The van der Waals surface area contributed by atoms with E-state index in [4.69, 9.17) is 10.5 Å². The molecular weight excluding hydrogens is 250 g/mol. The van der Waals surface area contributed by atoms with Crippen LogP contribution in [0.5, 0.6) is 0 Å². The highest BCUT2D eigenvalue weighted by Crippen LogP contribution is 2.13. The SMILES string of the molecule is C[C@@H](OC(=O)c1n[nH]c(=O)c2ccccc12)C(N)=O. The molecule has 0 spiro atoms. The predicted octanol–water partition coefficient (Wildman–Crippen LogP) is -0.0463. The van der Waals surface area contributed by atoms with Crippen molar-refractivity contribution in [3.8, 4) is 0 Å². The van der Waals surface area contributed by atoms with Gasteiger partial charge in [0.2, 0.25) is 0 Å². The zero-order valence-corrected chi connectivity index (χ0v) is 10.0. The van der Waals surface area contributed by atoms with Gasteiger partial charge in [-0.3, -0.25) is 9.59 Å². The molecule has 2 aromatic rings. The van der Waals surface area contributed by atoms with Crippen LogP contribution >= 0.6 is 0 Å². The molecule has 0 bridgehead atoms. The van der Waals surface area contributed by atoms with Gasteiger partial charge in [0, 0.05) is 5.39 Å². The van der Waals surface area contributed by atoms with Crippen molar-refractivity contribution in [3.63, 3.8) is 0 Å². The molecule has 0 fully saturated rings. The number of rotatable bonds is 3. The van der Waals surface area contributed by atoms with Crippen molar-refractivity contribution in [2.75, 3.05) is 0 Å². The summed E-state index contributed by atoms with van der Waals surface area (Å²) >= 11 is 0. The smallest absolute Gasteiger partial charge is 0.360 e. The Labute approximate surface area is 107 Å². The van der Waals surface area contributed by atoms with Gasteiger partial charge < -0.3 is 10.5 Å². The van der Waals surface area contributed by atoms with Crippen LogP contribution in [0.15, 0.2) is 29.1 Å². The average Bonchev–Trinajstić information content (AvgIpc) is 2.39. The molecule has 7 nitrogen and oxygen atoms in total. The van der Waals surface area contributed by atoms with Gasteiger partial charge >= 0.3 is 5.97 Å². The van der Waals surface area contributed by atoms with E-state index in [1.165, 1.54) is 6.92 Å². The molecule has 98 valence electrons. The molecule has 0 saturated carbocycles. The van der Waals surface area contributed by atoms with Crippen LogP contribution in [0.3, 0.4) is 0 Å². The number of nitrogens with one attached hydrogen (secondary N) is 1. The topological polar surface area (TPSA) is 115 Å². The summed E-state index contributed by atoms with van der Waals surface area (Å²) < 4.78 is 4.85. The molecule has 1 heterocycles. The number of esters is 1. The number of aromatic amines is 1. The number of carbonyl (C=O) groups is 2. The number of carbonyl (C=O) groups excluding carboxylic acids is 2. The molecule has 2 rings (SSSR count). The third kappa shape index (κ3) is 2.44. The van der Waals surface area contributed by atoms with Crippen LogP contribution in [-0.4, -0.2) is 28.2 Å². The highest BCUT2D eigenvalue weighted by Gasteiger charge is 2.20. The minimum atomic E-state index is -1.07. The Morgan fingerprint density at radius 1 is 1.32 bits per heavy atom. The molecular formula is C12H11N3O4. The van der Waals surface area contributed by atoms with Crippen LogP contribution in [0, 0.1) is 0 Å². The summed E-state index contributed by atoms with van der Waals surface area (Å²) in [5, 5.41) is 6.53. The van der Waals surface area contributed by atoms with E-state index in [-0.39, 0.29) is 5.69 Å². The first kappa shape index (κ1) is 12.7. The van der Waals surface area contributed by atoms with Crippen LogP contribution in [0.1, 0.15) is 17.4 Å². The number of H-pyrrole nitrogens is 1. The van der Waals surface area contributed by atoms with E-state index < -0.39 is 23.5 Å². The van der Waals surface area contributed by atoms with Gasteiger partial charge in [-0.05, 0) is 13.0 Å². The second-order valence-electron chi connectivity index (χ2n) is 3.90. The maximum absolute atomic E-state index is 11.9. The number of ether oxygens (including phenoxy) is 1. The van der Waals surface area contributed by atoms with Crippen LogP contribution in [-0.2, 0) is 9.53 Å². The predicted molar refractivity (Wildman–Crippen MR) is 66.4 cm³/mol. The Kier molecular flexibility index (Phi) is 3.28. The zero-order valence-electron chi connectivity index (χ0n) is 10.0. The Balaban J connectivity index is 2.46. The highest BCUT2D eigenvalue weighted by atomic mass is 16.5. The van der Waals surface area contributed by atoms with Gasteiger partial charge in [0.05, 0.1) is 5.39 Å². The van der Waals surface area contributed by atoms with Crippen molar-refractivity contribution in [1.29, 1.82) is 0 Å². The molecule has 1 aromatic heterocycles. The zero-order chi connectivity index (χ0) is 14.0. The van der Waals surface area contributed by atoms with Crippen molar-refractivity contribution in [3.05, 3.63) is 40.3 Å². The van der Waals surface area contributed by atoms with E-state index >= 15 is 0 Å². The minimum Gasteiger partial charge on any atom is -0.448 e. The first-order chi connectivity index (χ1) is 9.00. The molecule has 0 aliphatic heterocycles. The van der Waals surface area contributed by atoms with E-state index in [0.717, 1.165) is 0 Å². The number of benzene rings is 1. The van der Waals surface area contributed by atoms with E-state index in [1.807, 2.05) is 0 Å². The number of aromatic nitrogens is 2. The monoisotopic (exact) mass is 261 g/mol. The molecule has 1 amide bonds. The summed E-state index contributed by atoms with van der Waals surface area (Å²) in [5.41, 5.74) is 4.53. The molecule has 0 radical (unpaired) electrons. The van der Waals surface area contributed by atoms with Crippen LogP contribution in [0.2, 0.25) is 0 Å². The van der Waals surface area contributed by atoms with E-state index in [2.05, 4.69) is 10.2 Å². The number of nitrogens with zero attached hydrogens (tertiary/aromatic N) is 1. The molecule has 0 aliphatic rings. The van der Waals surface area contributed by atoms with Crippen molar-refractivity contribution < 1.29 is 14.3 Å². The van der Waals surface area contributed by atoms with Crippen molar-refractivity contribution in [2.45, 2.75) is 13.0 Å². The van der Waals surface area contributed by atoms with Crippen molar-refractivity contribution >= 4 is 22.6 Å². The van der Waals surface area contributed by atoms with Gasteiger partial charge in [0.15, 0.2) is 11.8 Å². The molecule has 1 aromatic carbocycles. The lowest BCUT2D eigenvalue weighted by Gasteiger charge is -2.09. The largest absolute Gasteiger partial charge is 0.448 e. The lowest BCUT2D eigenvalue weighted by atomic mass is 10.1. The van der Waals surface area contributed by atoms with Gasteiger partial charge in [0.25, 0.3) is 11.5 Å². The second-order valence-corrected chi connectivity index (χ2v) is 3.90. The summed E-state index contributed by atoms with van der Waals surface area (Å²) in [6.07, 6.45) is -1.07. The molecule has 0 aliphatic carbocycles. The van der Waals surface area contributed by atoms with E-state index in [1.54, 1.807) is 24.3 Å². The first-order valence-electron chi connectivity index (χ1n) is 5.48. The number of amides is 1. The summed E-state index contributed by atoms with van der Waals surface area (Å²) in [5.74, 6) is -1.58. The van der Waals surface area contributed by atoms with Crippen LogP contribution in [0.4, 0.5) is 0 Å². The number of primary amides is 1. The maximum Gasteiger partial charge on any atom is 0.360 e. The first-order valence-corrected chi connectivity index (χ1v) is 5.48. The molecule has 3 N–H and O–H groups in total. The normalized spacial score (nSPS) is 12.1. The summed E-state index contributed by atoms with van der Waals surface area (Å²) in [6.45, 7) is 1.36. The summed E-state index contributed by atoms with van der Waals surface area (Å²) in [7, 11) is 0. The van der Waals surface area contributed by atoms with Gasteiger partial charge in [-0.15, -0.1) is 0 Å². The van der Waals surface area contributed by atoms with Gasteiger partial charge in [-0.25, -0.2) is 9.89 Å². The summed E-state index contributed by atoms with van der Waals surface area (Å²) in [4.78, 5) is 34.3. The average molecular weight is 261 g/mol. The minimum absolute atomic E-state index is 0.0664. The Hall–Kier alpha value is -2.70.